The first-order valence-electron chi connectivity index (χ1n) is 8.45. The minimum atomic E-state index is 0.0238. The quantitative estimate of drug-likeness (QED) is 0.727. The van der Waals surface area contributed by atoms with Gasteiger partial charge in [-0.3, -0.25) is 4.79 Å². The molecule has 0 radical (unpaired) electrons. The first-order chi connectivity index (χ1) is 11.8. The number of nitrogens with zero attached hydrogens (tertiary/aromatic N) is 4. The van der Waals surface area contributed by atoms with Gasteiger partial charge in [-0.15, -0.1) is 0 Å². The molecule has 2 aliphatic heterocycles. The molecule has 2 saturated heterocycles. The van der Waals surface area contributed by atoms with Crippen molar-refractivity contribution < 1.29 is 9.21 Å². The number of piperidine rings is 1. The number of aromatic nitrogens is 3. The van der Waals surface area contributed by atoms with E-state index in [0.717, 1.165) is 36.7 Å². The number of fused-ring (bicyclic) bond motifs is 3. The van der Waals surface area contributed by atoms with Gasteiger partial charge in [0.25, 0.3) is 5.91 Å². The number of carbonyl (C=O) groups excluding carboxylic acids is 1. The molecule has 2 fully saturated rings. The van der Waals surface area contributed by atoms with E-state index in [1.54, 1.807) is 12.7 Å². The van der Waals surface area contributed by atoms with Crippen molar-refractivity contribution in [1.82, 2.24) is 19.7 Å². The Labute approximate surface area is 139 Å². The van der Waals surface area contributed by atoms with E-state index in [1.165, 1.54) is 0 Å². The molecule has 0 N–H and O–H groups in total. The summed E-state index contributed by atoms with van der Waals surface area (Å²) in [5, 5.41) is 5.25. The molecule has 122 valence electrons. The van der Waals surface area contributed by atoms with Gasteiger partial charge in [-0.25, -0.2) is 9.67 Å². The average molecular weight is 322 g/mol. The van der Waals surface area contributed by atoms with Crippen LogP contribution in [0.5, 0.6) is 0 Å². The van der Waals surface area contributed by atoms with Crippen molar-refractivity contribution >= 4 is 16.9 Å². The van der Waals surface area contributed by atoms with Crippen molar-refractivity contribution in [3.8, 4) is 0 Å². The van der Waals surface area contributed by atoms with Crippen LogP contribution in [-0.4, -0.2) is 37.7 Å². The van der Waals surface area contributed by atoms with Crippen molar-refractivity contribution in [3.63, 3.8) is 0 Å². The predicted octanol–water partition coefficient (Wildman–Crippen LogP) is 3.03. The molecule has 2 bridgehead atoms. The minimum absolute atomic E-state index is 0.0238. The summed E-state index contributed by atoms with van der Waals surface area (Å²) >= 11 is 0. The molecule has 3 aromatic rings. The highest BCUT2D eigenvalue weighted by molar-refractivity contribution is 5.96. The fraction of sp³-hybridized carbons (Fsp3) is 0.389. The maximum Gasteiger partial charge on any atom is 0.290 e. The van der Waals surface area contributed by atoms with Gasteiger partial charge in [0.2, 0.25) is 0 Å². The highest BCUT2D eigenvalue weighted by atomic mass is 16.3. The monoisotopic (exact) mass is 322 g/mol. The van der Waals surface area contributed by atoms with Crippen LogP contribution in [0.25, 0.3) is 11.0 Å². The van der Waals surface area contributed by atoms with Crippen LogP contribution in [0.4, 0.5) is 0 Å². The molecule has 5 rings (SSSR count). The standard InChI is InChI=1S/C18H18N4O2/c23-18(17-7-12-3-1-2-4-16(12)24-17)22-13-5-6-14(22)9-15(8-13)21-11-19-10-20-21/h1-4,7,10-11,13-15H,5-6,8-9H2. The highest BCUT2D eigenvalue weighted by Crippen LogP contribution is 2.41. The Bertz CT molecular complexity index is 838. The van der Waals surface area contributed by atoms with E-state index in [9.17, 15) is 4.79 Å². The Kier molecular flexibility index (Phi) is 2.98. The van der Waals surface area contributed by atoms with Gasteiger partial charge < -0.3 is 9.32 Å². The molecule has 2 aromatic heterocycles. The summed E-state index contributed by atoms with van der Waals surface area (Å²) in [5.41, 5.74) is 0.769. The highest BCUT2D eigenvalue weighted by Gasteiger charge is 2.44. The van der Waals surface area contributed by atoms with E-state index in [1.807, 2.05) is 39.9 Å². The Balaban J connectivity index is 1.42. The molecule has 6 nitrogen and oxygen atoms in total. The van der Waals surface area contributed by atoms with Gasteiger partial charge in [0, 0.05) is 17.5 Å². The van der Waals surface area contributed by atoms with E-state index in [-0.39, 0.29) is 18.0 Å². The van der Waals surface area contributed by atoms with Crippen molar-refractivity contribution in [1.29, 1.82) is 0 Å². The molecular weight excluding hydrogens is 304 g/mol. The van der Waals surface area contributed by atoms with Gasteiger partial charge in [0.15, 0.2) is 5.76 Å². The molecule has 0 saturated carbocycles. The van der Waals surface area contributed by atoms with Crippen LogP contribution < -0.4 is 0 Å². The maximum absolute atomic E-state index is 13.0. The third-order valence-corrected chi connectivity index (χ3v) is 5.39. The van der Waals surface area contributed by atoms with Gasteiger partial charge >= 0.3 is 0 Å². The molecular formula is C18H18N4O2. The van der Waals surface area contributed by atoms with Crippen molar-refractivity contribution in [2.75, 3.05) is 0 Å². The Morgan fingerprint density at radius 2 is 1.92 bits per heavy atom. The lowest BCUT2D eigenvalue weighted by molar-refractivity contribution is 0.0495. The first-order valence-corrected chi connectivity index (χ1v) is 8.45. The number of para-hydroxylation sites is 1. The van der Waals surface area contributed by atoms with Crippen LogP contribution in [0.1, 0.15) is 42.3 Å². The molecule has 4 heterocycles. The van der Waals surface area contributed by atoms with Gasteiger partial charge in [-0.2, -0.15) is 5.10 Å². The summed E-state index contributed by atoms with van der Waals surface area (Å²) in [6.45, 7) is 0. The smallest absolute Gasteiger partial charge is 0.290 e. The van der Waals surface area contributed by atoms with E-state index in [4.69, 9.17) is 4.42 Å². The summed E-state index contributed by atoms with van der Waals surface area (Å²) in [5.74, 6) is 0.475. The van der Waals surface area contributed by atoms with Crippen LogP contribution in [0, 0.1) is 0 Å². The van der Waals surface area contributed by atoms with E-state index < -0.39 is 0 Å². The Morgan fingerprint density at radius 3 is 2.62 bits per heavy atom. The van der Waals surface area contributed by atoms with Crippen LogP contribution in [-0.2, 0) is 0 Å². The number of hydrogen-bond acceptors (Lipinski definition) is 4. The van der Waals surface area contributed by atoms with Gasteiger partial charge in [-0.05, 0) is 37.8 Å². The minimum Gasteiger partial charge on any atom is -0.451 e. The van der Waals surface area contributed by atoms with Crippen LogP contribution in [0.2, 0.25) is 0 Å². The molecule has 1 amide bonds. The summed E-state index contributed by atoms with van der Waals surface area (Å²) < 4.78 is 7.73. The van der Waals surface area contributed by atoms with Gasteiger partial charge in [0.05, 0.1) is 6.04 Å². The lowest BCUT2D eigenvalue weighted by Crippen LogP contribution is -2.46. The van der Waals surface area contributed by atoms with Gasteiger partial charge in [0.1, 0.15) is 18.2 Å². The molecule has 24 heavy (non-hydrogen) atoms. The van der Waals surface area contributed by atoms with E-state index >= 15 is 0 Å². The molecule has 6 heteroatoms. The van der Waals surface area contributed by atoms with Crippen molar-refractivity contribution in [2.45, 2.75) is 43.8 Å². The number of furan rings is 1. The second kappa shape index (κ2) is 5.19. The van der Waals surface area contributed by atoms with E-state index in [2.05, 4.69) is 10.1 Å². The lowest BCUT2D eigenvalue weighted by atomic mass is 9.97. The summed E-state index contributed by atoms with van der Waals surface area (Å²) in [6.07, 6.45) is 7.34. The normalized spacial score (nSPS) is 26.2. The SMILES string of the molecule is O=C(c1cc2ccccc2o1)N1C2CCC1CC(n1cncn1)C2. The molecule has 2 atom stereocenters. The zero-order chi connectivity index (χ0) is 16.1. The molecule has 1 aromatic carbocycles. The fourth-order valence-corrected chi connectivity index (χ4v) is 4.32. The fourth-order valence-electron chi connectivity index (χ4n) is 4.32. The van der Waals surface area contributed by atoms with Crippen molar-refractivity contribution in [3.05, 3.63) is 48.7 Å². The summed E-state index contributed by atoms with van der Waals surface area (Å²) in [7, 11) is 0. The topological polar surface area (TPSA) is 64.2 Å². The van der Waals surface area contributed by atoms with Crippen LogP contribution >= 0.6 is 0 Å². The number of amides is 1. The third-order valence-electron chi connectivity index (χ3n) is 5.39. The van der Waals surface area contributed by atoms with Crippen molar-refractivity contribution in [2.24, 2.45) is 0 Å². The summed E-state index contributed by atoms with van der Waals surface area (Å²) in [4.78, 5) is 19.1. The average Bonchev–Trinajstić information content (AvgIpc) is 3.32. The Morgan fingerprint density at radius 1 is 1.12 bits per heavy atom. The van der Waals surface area contributed by atoms with E-state index in [0.29, 0.717) is 11.8 Å². The lowest BCUT2D eigenvalue weighted by Gasteiger charge is -2.38. The number of hydrogen-bond donors (Lipinski definition) is 0. The second-order valence-corrected chi connectivity index (χ2v) is 6.75. The predicted molar refractivity (Wildman–Crippen MR) is 87.5 cm³/mol. The van der Waals surface area contributed by atoms with Gasteiger partial charge in [-0.1, -0.05) is 18.2 Å². The number of rotatable bonds is 2. The number of benzene rings is 1. The molecule has 0 spiro atoms. The zero-order valence-electron chi connectivity index (χ0n) is 13.2. The number of carbonyl (C=O) groups is 1. The zero-order valence-corrected chi connectivity index (χ0v) is 13.2. The van der Waals surface area contributed by atoms with Crippen LogP contribution in [0.15, 0.2) is 47.4 Å². The second-order valence-electron chi connectivity index (χ2n) is 6.75. The maximum atomic E-state index is 13.0. The van der Waals surface area contributed by atoms with Crippen LogP contribution in [0.3, 0.4) is 0 Å². The Hall–Kier alpha value is -2.63. The molecule has 2 aliphatic rings. The first kappa shape index (κ1) is 13.8. The molecule has 0 aliphatic carbocycles. The largest absolute Gasteiger partial charge is 0.451 e. The summed E-state index contributed by atoms with van der Waals surface area (Å²) in [6, 6.07) is 10.5. The third kappa shape index (κ3) is 2.06. The molecule has 2 unspecified atom stereocenters.